The molecule has 1 nitrogen and oxygen atoms in total. The van der Waals surface area contributed by atoms with Crippen molar-refractivity contribution in [2.24, 2.45) is 5.92 Å². The van der Waals surface area contributed by atoms with Gasteiger partial charge in [-0.15, -0.1) is 0 Å². The molecule has 0 amide bonds. The lowest BCUT2D eigenvalue weighted by Crippen LogP contribution is -2.41. The van der Waals surface area contributed by atoms with E-state index in [1.54, 1.807) is 6.07 Å². The summed E-state index contributed by atoms with van der Waals surface area (Å²) in [5, 5.41) is 3.24. The minimum atomic E-state index is -2.57. The molecule has 1 atom stereocenters. The maximum atomic E-state index is 13.8. The van der Waals surface area contributed by atoms with E-state index in [-0.39, 0.29) is 24.8 Å². The summed E-state index contributed by atoms with van der Waals surface area (Å²) >= 11 is 0. The molecule has 0 heterocycles. The molecule has 2 rings (SSSR count). The maximum absolute atomic E-state index is 13.8. The van der Waals surface area contributed by atoms with E-state index in [0.717, 1.165) is 6.07 Å². The highest BCUT2D eigenvalue weighted by atomic mass is 19.3. The highest BCUT2D eigenvalue weighted by Gasteiger charge is 2.37. The molecule has 1 unspecified atom stereocenters. The second-order valence-corrected chi connectivity index (χ2v) is 5.77. The molecule has 0 radical (unpaired) electrons. The van der Waals surface area contributed by atoms with Crippen molar-refractivity contribution >= 4 is 0 Å². The van der Waals surface area contributed by atoms with E-state index >= 15 is 0 Å². The second-order valence-electron chi connectivity index (χ2n) is 5.77. The van der Waals surface area contributed by atoms with Crippen LogP contribution in [0.5, 0.6) is 0 Å². The molecular formula is C16H21F4N. The lowest BCUT2D eigenvalue weighted by molar-refractivity contribution is -0.0495. The summed E-state index contributed by atoms with van der Waals surface area (Å²) in [6.45, 7) is 2.60. The van der Waals surface area contributed by atoms with Crippen molar-refractivity contribution in [1.29, 1.82) is 0 Å². The Hall–Kier alpha value is -1.10. The van der Waals surface area contributed by atoms with Gasteiger partial charge in [-0.3, -0.25) is 0 Å². The zero-order valence-corrected chi connectivity index (χ0v) is 12.1. The predicted molar refractivity (Wildman–Crippen MR) is 74.4 cm³/mol. The molecule has 118 valence electrons. The Morgan fingerprint density at radius 3 is 2.52 bits per heavy atom. The van der Waals surface area contributed by atoms with E-state index in [4.69, 9.17) is 0 Å². The molecule has 0 bridgehead atoms. The lowest BCUT2D eigenvalue weighted by Gasteiger charge is -2.34. The quantitative estimate of drug-likeness (QED) is 0.799. The maximum Gasteiger partial charge on any atom is 0.248 e. The normalized spacial score (nSPS) is 20.4. The molecule has 1 aromatic rings. The van der Waals surface area contributed by atoms with Crippen LogP contribution < -0.4 is 5.32 Å². The standard InChI is InChI=1S/C16H21F4N/c1-2-21-14(11-6-8-16(19,20)9-7-11)10-12-4-3-5-13(17)15(12)18/h3-5,11,14,21H,2,6-10H2,1H3. The molecule has 1 fully saturated rings. The number of nitrogens with one attached hydrogen (secondary N) is 1. The van der Waals surface area contributed by atoms with Gasteiger partial charge in [0.05, 0.1) is 0 Å². The topological polar surface area (TPSA) is 12.0 Å². The largest absolute Gasteiger partial charge is 0.314 e. The number of halogens is 4. The van der Waals surface area contributed by atoms with Gasteiger partial charge < -0.3 is 5.32 Å². The van der Waals surface area contributed by atoms with Gasteiger partial charge in [0, 0.05) is 18.9 Å². The van der Waals surface area contributed by atoms with Crippen LogP contribution in [0.25, 0.3) is 0 Å². The van der Waals surface area contributed by atoms with Crippen molar-refractivity contribution in [2.45, 2.75) is 51.0 Å². The van der Waals surface area contributed by atoms with Crippen LogP contribution in [0.15, 0.2) is 18.2 Å². The van der Waals surface area contributed by atoms with Crippen LogP contribution in [0, 0.1) is 17.6 Å². The molecule has 0 aromatic heterocycles. The molecular weight excluding hydrogens is 282 g/mol. The number of hydrogen-bond donors (Lipinski definition) is 1. The fourth-order valence-electron chi connectivity index (χ4n) is 3.08. The highest BCUT2D eigenvalue weighted by Crippen LogP contribution is 2.38. The summed E-state index contributed by atoms with van der Waals surface area (Å²) in [7, 11) is 0. The van der Waals surface area contributed by atoms with Crippen LogP contribution in [0.3, 0.4) is 0 Å². The van der Waals surface area contributed by atoms with Gasteiger partial charge in [0.15, 0.2) is 11.6 Å². The summed E-state index contributed by atoms with van der Waals surface area (Å²) in [4.78, 5) is 0. The third-order valence-corrected chi connectivity index (χ3v) is 4.27. The molecule has 1 aliphatic carbocycles. The van der Waals surface area contributed by atoms with Crippen molar-refractivity contribution in [2.75, 3.05) is 6.54 Å². The van der Waals surface area contributed by atoms with E-state index < -0.39 is 17.6 Å². The first-order valence-corrected chi connectivity index (χ1v) is 7.47. The van der Waals surface area contributed by atoms with E-state index in [0.29, 0.717) is 31.4 Å². The van der Waals surface area contributed by atoms with E-state index in [9.17, 15) is 17.6 Å². The monoisotopic (exact) mass is 303 g/mol. The Labute approximate surface area is 122 Å². The van der Waals surface area contributed by atoms with Gasteiger partial charge in [-0.05, 0) is 43.4 Å². The molecule has 1 aromatic carbocycles. The molecule has 1 aliphatic rings. The third kappa shape index (κ3) is 4.19. The van der Waals surface area contributed by atoms with Crippen LogP contribution >= 0.6 is 0 Å². The van der Waals surface area contributed by atoms with Gasteiger partial charge in [0.1, 0.15) is 0 Å². The minimum Gasteiger partial charge on any atom is -0.314 e. The fraction of sp³-hybridized carbons (Fsp3) is 0.625. The molecule has 0 spiro atoms. The zero-order valence-electron chi connectivity index (χ0n) is 12.1. The average molecular weight is 303 g/mol. The van der Waals surface area contributed by atoms with E-state index in [1.165, 1.54) is 6.07 Å². The second kappa shape index (κ2) is 6.77. The van der Waals surface area contributed by atoms with Crippen molar-refractivity contribution in [3.05, 3.63) is 35.4 Å². The van der Waals surface area contributed by atoms with Gasteiger partial charge >= 0.3 is 0 Å². The van der Waals surface area contributed by atoms with Crippen molar-refractivity contribution in [3.8, 4) is 0 Å². The predicted octanol–water partition coefficient (Wildman–Crippen LogP) is 4.31. The SMILES string of the molecule is CCNC(Cc1cccc(F)c1F)C1CCC(F)(F)CC1. The summed E-state index contributed by atoms with van der Waals surface area (Å²) in [5.41, 5.74) is 0.304. The summed E-state index contributed by atoms with van der Waals surface area (Å²) in [6.07, 6.45) is 0.924. The molecule has 1 saturated carbocycles. The molecule has 21 heavy (non-hydrogen) atoms. The number of benzene rings is 1. The first-order valence-electron chi connectivity index (χ1n) is 7.47. The summed E-state index contributed by atoms with van der Waals surface area (Å²) < 4.78 is 53.5. The van der Waals surface area contributed by atoms with Crippen LogP contribution in [-0.2, 0) is 6.42 Å². The van der Waals surface area contributed by atoms with Crippen LogP contribution in [0.2, 0.25) is 0 Å². The Bertz CT molecular complexity index is 465. The summed E-state index contributed by atoms with van der Waals surface area (Å²) in [5.74, 6) is -4.19. The zero-order chi connectivity index (χ0) is 15.5. The molecule has 0 aliphatic heterocycles. The van der Waals surface area contributed by atoms with Crippen LogP contribution in [-0.4, -0.2) is 18.5 Å². The molecule has 1 N–H and O–H groups in total. The van der Waals surface area contributed by atoms with Gasteiger partial charge in [0.2, 0.25) is 5.92 Å². The first-order chi connectivity index (χ1) is 9.93. The van der Waals surface area contributed by atoms with Gasteiger partial charge in [-0.25, -0.2) is 17.6 Å². The van der Waals surface area contributed by atoms with Crippen molar-refractivity contribution in [1.82, 2.24) is 5.32 Å². The number of rotatable bonds is 5. The van der Waals surface area contributed by atoms with Gasteiger partial charge in [0.25, 0.3) is 0 Å². The summed E-state index contributed by atoms with van der Waals surface area (Å²) in [6, 6.07) is 4.02. The van der Waals surface area contributed by atoms with Crippen LogP contribution in [0.1, 0.15) is 38.2 Å². The van der Waals surface area contributed by atoms with E-state index in [1.807, 2.05) is 6.92 Å². The van der Waals surface area contributed by atoms with Crippen molar-refractivity contribution in [3.63, 3.8) is 0 Å². The average Bonchev–Trinajstić information content (AvgIpc) is 2.43. The number of hydrogen-bond acceptors (Lipinski definition) is 1. The third-order valence-electron chi connectivity index (χ3n) is 4.27. The number of alkyl halides is 2. The lowest BCUT2D eigenvalue weighted by atomic mass is 9.80. The molecule has 0 saturated heterocycles. The van der Waals surface area contributed by atoms with Gasteiger partial charge in [-0.2, -0.15) is 0 Å². The van der Waals surface area contributed by atoms with E-state index in [2.05, 4.69) is 5.32 Å². The Morgan fingerprint density at radius 1 is 1.24 bits per heavy atom. The Balaban J connectivity index is 2.07. The fourth-order valence-corrected chi connectivity index (χ4v) is 3.08. The van der Waals surface area contributed by atoms with Gasteiger partial charge in [-0.1, -0.05) is 19.1 Å². The highest BCUT2D eigenvalue weighted by molar-refractivity contribution is 5.20. The first kappa shape index (κ1) is 16.3. The van der Waals surface area contributed by atoms with Crippen molar-refractivity contribution < 1.29 is 17.6 Å². The van der Waals surface area contributed by atoms with Crippen LogP contribution in [0.4, 0.5) is 17.6 Å². The number of likely N-dealkylation sites (N-methyl/N-ethyl adjacent to an activating group) is 1. The smallest absolute Gasteiger partial charge is 0.248 e. The Kier molecular flexibility index (Phi) is 5.25. The minimum absolute atomic E-state index is 0.0762. The molecule has 5 heteroatoms. The Morgan fingerprint density at radius 2 is 1.90 bits per heavy atom.